The molecular weight excluding hydrogens is 348 g/mol. The zero-order valence-corrected chi connectivity index (χ0v) is 14.1. The van der Waals surface area contributed by atoms with Crippen molar-refractivity contribution in [2.75, 3.05) is 26.4 Å². The smallest absolute Gasteiger partial charge is 0.331 e. The minimum Gasteiger partial charge on any atom is -0.462 e. The summed E-state index contributed by atoms with van der Waals surface area (Å²) < 4.78 is 18.9. The van der Waals surface area contributed by atoms with Gasteiger partial charge in [0.2, 0.25) is 0 Å². The maximum atomic E-state index is 11.3. The molecule has 0 heterocycles. The second-order valence-electron chi connectivity index (χ2n) is 4.12. The molecule has 142 valence electrons. The molecule has 0 radical (unpaired) electrons. The summed E-state index contributed by atoms with van der Waals surface area (Å²) in [6.07, 6.45) is 4.57. The molecule has 10 nitrogen and oxygen atoms in total. The predicted octanol–water partition coefficient (Wildman–Crippen LogP) is 0.898. The van der Waals surface area contributed by atoms with Crippen molar-refractivity contribution < 1.29 is 38.1 Å². The summed E-state index contributed by atoms with van der Waals surface area (Å²) in [5, 5.41) is 12.0. The molecule has 0 fully saturated rings. The van der Waals surface area contributed by atoms with Gasteiger partial charge >= 0.3 is 23.9 Å². The van der Waals surface area contributed by atoms with Gasteiger partial charge in [0.05, 0.1) is 26.4 Å². The number of carbonyl (C=O) groups excluding carboxylic acids is 4. The van der Waals surface area contributed by atoms with Crippen molar-refractivity contribution in [3.8, 4) is 0 Å². The maximum Gasteiger partial charge on any atom is 0.331 e. The summed E-state index contributed by atoms with van der Waals surface area (Å²) in [4.78, 5) is 44.0. The van der Waals surface area contributed by atoms with Gasteiger partial charge in [-0.25, -0.2) is 19.2 Å². The Morgan fingerprint density at radius 3 is 1.15 bits per heavy atom. The van der Waals surface area contributed by atoms with E-state index in [0.717, 1.165) is 24.3 Å². The van der Waals surface area contributed by atoms with Gasteiger partial charge in [-0.15, -0.1) is 0 Å². The average Bonchev–Trinajstić information content (AvgIpc) is 2.66. The molecule has 0 aliphatic rings. The molecular formula is C16H20N2O8. The van der Waals surface area contributed by atoms with Gasteiger partial charge in [0.1, 0.15) is 0 Å². The highest BCUT2D eigenvalue weighted by Crippen LogP contribution is 1.92. The standard InChI is InChI=1S/C16H20O8.N2/c1-3-13(17)21-9-5-11-23-15(19)7-8-16(20)24-12-6-10-22-14(18)4-2;1-2/h3-4,7-8H,1-2,5-6,9-12H2;/b8-7-;. The molecule has 0 saturated carbocycles. The number of hydrogen-bond acceptors (Lipinski definition) is 10. The summed E-state index contributed by atoms with van der Waals surface area (Å²) in [5.41, 5.74) is 0. The van der Waals surface area contributed by atoms with Crippen molar-refractivity contribution >= 4 is 23.9 Å². The van der Waals surface area contributed by atoms with E-state index in [1.807, 2.05) is 0 Å². The van der Waals surface area contributed by atoms with Crippen molar-refractivity contribution in [3.05, 3.63) is 37.5 Å². The van der Waals surface area contributed by atoms with Crippen LogP contribution in [0, 0.1) is 10.8 Å². The van der Waals surface area contributed by atoms with Crippen LogP contribution in [0.1, 0.15) is 12.8 Å². The molecule has 0 aromatic rings. The topological polar surface area (TPSA) is 153 Å². The van der Waals surface area contributed by atoms with Crippen LogP contribution in [0.4, 0.5) is 0 Å². The maximum absolute atomic E-state index is 11.3. The fourth-order valence-electron chi connectivity index (χ4n) is 1.16. The number of hydrogen-bond donors (Lipinski definition) is 0. The molecule has 0 aliphatic heterocycles. The van der Waals surface area contributed by atoms with Crippen LogP contribution in [-0.4, -0.2) is 50.3 Å². The van der Waals surface area contributed by atoms with E-state index < -0.39 is 23.9 Å². The third-order valence-corrected chi connectivity index (χ3v) is 2.24. The Morgan fingerprint density at radius 2 is 0.885 bits per heavy atom. The number of nitrogens with zero attached hydrogens (tertiary/aromatic N) is 2. The number of ether oxygens (including phenoxy) is 4. The quantitative estimate of drug-likeness (QED) is 0.159. The fraction of sp³-hybridized carbons (Fsp3) is 0.375. The Bertz CT molecular complexity index is 496. The number of esters is 4. The second-order valence-corrected chi connectivity index (χ2v) is 4.12. The van der Waals surface area contributed by atoms with Crippen molar-refractivity contribution in [1.29, 1.82) is 10.8 Å². The van der Waals surface area contributed by atoms with E-state index in [1.165, 1.54) is 0 Å². The van der Waals surface area contributed by atoms with Gasteiger partial charge in [-0.05, 0) is 0 Å². The minimum atomic E-state index is -0.720. The summed E-state index contributed by atoms with van der Waals surface area (Å²) >= 11 is 0. The molecule has 0 N–H and O–H groups in total. The van der Waals surface area contributed by atoms with Crippen LogP contribution in [0.25, 0.3) is 0 Å². The number of rotatable bonds is 12. The Hall–Kier alpha value is -3.48. The van der Waals surface area contributed by atoms with Crippen LogP contribution in [0.3, 0.4) is 0 Å². The first-order chi connectivity index (χ1) is 12.5. The van der Waals surface area contributed by atoms with Crippen LogP contribution in [0.15, 0.2) is 37.5 Å². The highest BCUT2D eigenvalue weighted by molar-refractivity contribution is 5.91. The molecule has 0 aromatic carbocycles. The monoisotopic (exact) mass is 368 g/mol. The second kappa shape index (κ2) is 17.9. The van der Waals surface area contributed by atoms with Crippen LogP contribution >= 0.6 is 0 Å². The zero-order chi connectivity index (χ0) is 20.2. The predicted molar refractivity (Wildman–Crippen MR) is 86.1 cm³/mol. The molecule has 0 aliphatic carbocycles. The Labute approximate surface area is 150 Å². The zero-order valence-electron chi connectivity index (χ0n) is 14.1. The first-order valence-corrected chi connectivity index (χ1v) is 7.29. The molecule has 0 atom stereocenters. The Morgan fingerprint density at radius 1 is 0.615 bits per heavy atom. The molecule has 0 spiro atoms. The molecule has 0 saturated heterocycles. The molecule has 0 unspecified atom stereocenters. The van der Waals surface area contributed by atoms with E-state index in [2.05, 4.69) is 22.6 Å². The van der Waals surface area contributed by atoms with Crippen molar-refractivity contribution in [2.24, 2.45) is 0 Å². The lowest BCUT2D eigenvalue weighted by Crippen LogP contribution is -2.10. The van der Waals surface area contributed by atoms with E-state index in [-0.39, 0.29) is 26.4 Å². The van der Waals surface area contributed by atoms with Gasteiger partial charge in [-0.3, -0.25) is 0 Å². The van der Waals surface area contributed by atoms with Crippen LogP contribution < -0.4 is 0 Å². The largest absolute Gasteiger partial charge is 0.462 e. The normalized spacial score (nSPS) is 9.15. The molecule has 0 bridgehead atoms. The molecule has 0 rings (SSSR count). The van der Waals surface area contributed by atoms with Gasteiger partial charge in [-0.1, -0.05) is 13.2 Å². The van der Waals surface area contributed by atoms with Gasteiger partial charge in [-0.2, -0.15) is 0 Å². The number of carbonyl (C=O) groups is 4. The highest BCUT2D eigenvalue weighted by Gasteiger charge is 2.02. The SMILES string of the molecule is C=CC(=O)OCCCOC(=O)/C=C\C(=O)OCCCOC(=O)C=C.N#N. The van der Waals surface area contributed by atoms with Crippen LogP contribution in [-0.2, 0) is 38.1 Å². The van der Waals surface area contributed by atoms with Gasteiger partial charge in [0.25, 0.3) is 0 Å². The van der Waals surface area contributed by atoms with E-state index in [1.54, 1.807) is 0 Å². The van der Waals surface area contributed by atoms with Gasteiger partial charge < -0.3 is 18.9 Å². The first-order valence-electron chi connectivity index (χ1n) is 7.29. The molecule has 10 heteroatoms. The minimum absolute atomic E-state index is 0.0390. The Balaban J connectivity index is 0. The van der Waals surface area contributed by atoms with Crippen LogP contribution in [0.2, 0.25) is 0 Å². The summed E-state index contributed by atoms with van der Waals surface area (Å²) in [5.74, 6) is -2.55. The third-order valence-electron chi connectivity index (χ3n) is 2.24. The van der Waals surface area contributed by atoms with E-state index >= 15 is 0 Å². The summed E-state index contributed by atoms with van der Waals surface area (Å²) in [6.45, 7) is 6.74. The summed E-state index contributed by atoms with van der Waals surface area (Å²) in [6, 6.07) is 0. The molecule has 0 aromatic heterocycles. The first kappa shape index (κ1) is 24.8. The molecule has 26 heavy (non-hydrogen) atoms. The summed E-state index contributed by atoms with van der Waals surface area (Å²) in [7, 11) is 0. The van der Waals surface area contributed by atoms with Gasteiger partial charge in [0, 0.05) is 47.9 Å². The van der Waals surface area contributed by atoms with Gasteiger partial charge in [0.15, 0.2) is 0 Å². The lowest BCUT2D eigenvalue weighted by molar-refractivity contribution is -0.143. The lowest BCUT2D eigenvalue weighted by atomic mass is 10.4. The van der Waals surface area contributed by atoms with E-state index in [4.69, 9.17) is 20.3 Å². The van der Waals surface area contributed by atoms with Crippen molar-refractivity contribution in [3.63, 3.8) is 0 Å². The third kappa shape index (κ3) is 16.9. The van der Waals surface area contributed by atoms with Crippen LogP contribution in [0.5, 0.6) is 0 Å². The lowest BCUT2D eigenvalue weighted by Gasteiger charge is -2.03. The highest BCUT2D eigenvalue weighted by atomic mass is 16.6. The van der Waals surface area contributed by atoms with Crippen molar-refractivity contribution in [2.45, 2.75) is 12.8 Å². The van der Waals surface area contributed by atoms with E-state index in [9.17, 15) is 19.2 Å². The van der Waals surface area contributed by atoms with Crippen molar-refractivity contribution in [1.82, 2.24) is 0 Å². The fourth-order valence-corrected chi connectivity index (χ4v) is 1.16. The average molecular weight is 368 g/mol. The Kier molecular flexibility index (Phi) is 17.0. The molecule has 0 amide bonds. The van der Waals surface area contributed by atoms with E-state index in [0.29, 0.717) is 12.8 Å².